The van der Waals surface area contributed by atoms with Crippen LogP contribution in [0.4, 0.5) is 4.39 Å². The maximum absolute atomic E-state index is 14.2. The summed E-state index contributed by atoms with van der Waals surface area (Å²) in [5.41, 5.74) is 0.542. The standard InChI is InChI=1S/C17H21FN2O2S2/c1-3-13-8-9-17(23-13)24(21,22)20-11-10-19(2)16(12-20)14-6-4-5-7-15(14)18/h4-9,16H,3,10-12H2,1-2H3. The van der Waals surface area contributed by atoms with E-state index in [0.717, 1.165) is 11.3 Å². The molecular weight excluding hydrogens is 347 g/mol. The largest absolute Gasteiger partial charge is 0.297 e. The number of thiophene rings is 1. The van der Waals surface area contributed by atoms with Gasteiger partial charge in [-0.05, 0) is 31.7 Å². The summed E-state index contributed by atoms with van der Waals surface area (Å²) >= 11 is 1.32. The average molecular weight is 368 g/mol. The molecule has 24 heavy (non-hydrogen) atoms. The van der Waals surface area contributed by atoms with Gasteiger partial charge in [0.1, 0.15) is 10.0 Å². The Bertz CT molecular complexity index is 820. The summed E-state index contributed by atoms with van der Waals surface area (Å²) in [6, 6.07) is 9.84. The molecule has 0 amide bonds. The highest BCUT2D eigenvalue weighted by molar-refractivity contribution is 7.91. The molecule has 1 atom stereocenters. The van der Waals surface area contributed by atoms with Crippen molar-refractivity contribution in [3.8, 4) is 0 Å². The molecule has 2 aromatic rings. The van der Waals surface area contributed by atoms with Crippen molar-refractivity contribution in [3.05, 3.63) is 52.7 Å². The summed E-state index contributed by atoms with van der Waals surface area (Å²) in [6.07, 6.45) is 0.820. The molecule has 1 aliphatic rings. The number of sulfonamides is 1. The van der Waals surface area contributed by atoms with Gasteiger partial charge in [0, 0.05) is 30.1 Å². The molecule has 2 heterocycles. The van der Waals surface area contributed by atoms with Crippen molar-refractivity contribution in [2.45, 2.75) is 23.6 Å². The lowest BCUT2D eigenvalue weighted by Gasteiger charge is -2.38. The fraction of sp³-hybridized carbons (Fsp3) is 0.412. The second kappa shape index (κ2) is 6.92. The van der Waals surface area contributed by atoms with Crippen molar-refractivity contribution in [2.24, 2.45) is 0 Å². The third kappa shape index (κ3) is 3.26. The molecule has 0 radical (unpaired) electrons. The van der Waals surface area contributed by atoms with Gasteiger partial charge in [0.2, 0.25) is 0 Å². The lowest BCUT2D eigenvalue weighted by molar-refractivity contribution is 0.145. The zero-order valence-corrected chi connectivity index (χ0v) is 15.4. The number of hydrogen-bond acceptors (Lipinski definition) is 4. The van der Waals surface area contributed by atoms with E-state index in [-0.39, 0.29) is 18.4 Å². The van der Waals surface area contributed by atoms with E-state index >= 15 is 0 Å². The molecule has 130 valence electrons. The van der Waals surface area contributed by atoms with E-state index in [2.05, 4.69) is 0 Å². The monoisotopic (exact) mass is 368 g/mol. The second-order valence-electron chi connectivity index (χ2n) is 5.96. The van der Waals surface area contributed by atoms with Crippen molar-refractivity contribution in [3.63, 3.8) is 0 Å². The maximum atomic E-state index is 14.2. The number of hydrogen-bond donors (Lipinski definition) is 0. The van der Waals surface area contributed by atoms with E-state index in [1.54, 1.807) is 24.3 Å². The van der Waals surface area contributed by atoms with Gasteiger partial charge in [-0.3, -0.25) is 4.90 Å². The van der Waals surface area contributed by atoms with Crippen LogP contribution in [-0.2, 0) is 16.4 Å². The maximum Gasteiger partial charge on any atom is 0.252 e. The summed E-state index contributed by atoms with van der Waals surface area (Å²) in [7, 11) is -1.62. The Hall–Kier alpha value is -1.28. The number of rotatable bonds is 4. The molecule has 1 saturated heterocycles. The Labute approximate surface area is 146 Å². The van der Waals surface area contributed by atoms with Gasteiger partial charge >= 0.3 is 0 Å². The molecular formula is C17H21FN2O2S2. The molecule has 1 aliphatic heterocycles. The highest BCUT2D eigenvalue weighted by Crippen LogP contribution is 2.31. The Morgan fingerprint density at radius 2 is 1.96 bits per heavy atom. The van der Waals surface area contributed by atoms with Gasteiger partial charge in [0.15, 0.2) is 0 Å². The normalized spacial score (nSPS) is 20.4. The van der Waals surface area contributed by atoms with Crippen molar-refractivity contribution in [1.82, 2.24) is 9.21 Å². The van der Waals surface area contributed by atoms with Crippen molar-refractivity contribution >= 4 is 21.4 Å². The number of benzene rings is 1. The van der Waals surface area contributed by atoms with Gasteiger partial charge in [-0.25, -0.2) is 12.8 Å². The third-order valence-electron chi connectivity index (χ3n) is 4.45. The van der Waals surface area contributed by atoms with Crippen LogP contribution in [0.2, 0.25) is 0 Å². The van der Waals surface area contributed by atoms with E-state index in [1.807, 2.05) is 24.9 Å². The Morgan fingerprint density at radius 3 is 2.62 bits per heavy atom. The van der Waals surface area contributed by atoms with Gasteiger partial charge in [0.05, 0.1) is 6.04 Å². The smallest absolute Gasteiger partial charge is 0.252 e. The molecule has 0 aliphatic carbocycles. The van der Waals surface area contributed by atoms with Crippen LogP contribution >= 0.6 is 11.3 Å². The van der Waals surface area contributed by atoms with Crippen LogP contribution in [-0.4, -0.2) is 44.3 Å². The zero-order chi connectivity index (χ0) is 17.3. The van der Waals surface area contributed by atoms with Crippen LogP contribution in [0.3, 0.4) is 0 Å². The number of aryl methyl sites for hydroxylation is 1. The summed E-state index contributed by atoms with van der Waals surface area (Å²) in [4.78, 5) is 3.06. The van der Waals surface area contributed by atoms with Gasteiger partial charge in [-0.15, -0.1) is 11.3 Å². The predicted molar refractivity (Wildman–Crippen MR) is 94.2 cm³/mol. The lowest BCUT2D eigenvalue weighted by Crippen LogP contribution is -2.48. The number of halogens is 1. The first-order valence-corrected chi connectivity index (χ1v) is 10.2. The molecule has 0 spiro atoms. The van der Waals surface area contributed by atoms with E-state index < -0.39 is 10.0 Å². The topological polar surface area (TPSA) is 40.6 Å². The van der Waals surface area contributed by atoms with Crippen LogP contribution in [0.5, 0.6) is 0 Å². The van der Waals surface area contributed by atoms with Gasteiger partial charge in [-0.1, -0.05) is 25.1 Å². The second-order valence-corrected chi connectivity index (χ2v) is 9.29. The van der Waals surface area contributed by atoms with Crippen LogP contribution in [0.25, 0.3) is 0 Å². The summed E-state index contributed by atoms with van der Waals surface area (Å²) in [5.74, 6) is -0.294. The van der Waals surface area contributed by atoms with Crippen LogP contribution in [0.1, 0.15) is 23.4 Å². The average Bonchev–Trinajstić information content (AvgIpc) is 3.06. The molecule has 0 N–H and O–H groups in total. The highest BCUT2D eigenvalue weighted by Gasteiger charge is 2.35. The van der Waals surface area contributed by atoms with E-state index in [1.165, 1.54) is 21.7 Å². The third-order valence-corrected chi connectivity index (χ3v) is 8.02. The lowest BCUT2D eigenvalue weighted by atomic mass is 10.0. The van der Waals surface area contributed by atoms with Gasteiger partial charge < -0.3 is 0 Å². The number of piperazine rings is 1. The number of nitrogens with zero attached hydrogens (tertiary/aromatic N) is 2. The number of likely N-dealkylation sites (N-methyl/N-ethyl adjacent to an activating group) is 1. The first-order chi connectivity index (χ1) is 11.4. The molecule has 1 fully saturated rings. The molecule has 0 saturated carbocycles. The molecule has 1 unspecified atom stereocenters. The first kappa shape index (κ1) is 17.5. The minimum atomic E-state index is -3.53. The SMILES string of the molecule is CCc1ccc(S(=O)(=O)N2CCN(C)C(c3ccccc3F)C2)s1. The molecule has 7 heteroatoms. The summed E-state index contributed by atoms with van der Waals surface area (Å²) in [6.45, 7) is 3.26. The highest BCUT2D eigenvalue weighted by atomic mass is 32.2. The van der Waals surface area contributed by atoms with Crippen LogP contribution in [0.15, 0.2) is 40.6 Å². The van der Waals surface area contributed by atoms with Crippen molar-refractivity contribution in [2.75, 3.05) is 26.7 Å². The van der Waals surface area contributed by atoms with Crippen molar-refractivity contribution in [1.29, 1.82) is 0 Å². The van der Waals surface area contributed by atoms with E-state index in [0.29, 0.717) is 22.9 Å². The Morgan fingerprint density at radius 1 is 1.21 bits per heavy atom. The predicted octanol–water partition coefficient (Wildman–Crippen LogP) is 3.13. The summed E-state index contributed by atoms with van der Waals surface area (Å²) < 4.78 is 41.8. The molecule has 1 aromatic carbocycles. The molecule has 4 nitrogen and oxygen atoms in total. The van der Waals surface area contributed by atoms with Crippen LogP contribution in [0, 0.1) is 5.82 Å². The van der Waals surface area contributed by atoms with Crippen LogP contribution < -0.4 is 0 Å². The minimum absolute atomic E-state index is 0.263. The fourth-order valence-corrected chi connectivity index (χ4v) is 5.85. The first-order valence-electron chi connectivity index (χ1n) is 7.97. The molecule has 3 rings (SSSR count). The minimum Gasteiger partial charge on any atom is -0.297 e. The quantitative estimate of drug-likeness (QED) is 0.832. The van der Waals surface area contributed by atoms with E-state index in [4.69, 9.17) is 0 Å². The van der Waals surface area contributed by atoms with Crippen molar-refractivity contribution < 1.29 is 12.8 Å². The summed E-state index contributed by atoms with van der Waals surface area (Å²) in [5, 5.41) is 0. The zero-order valence-electron chi connectivity index (χ0n) is 13.8. The van der Waals surface area contributed by atoms with Gasteiger partial charge in [-0.2, -0.15) is 4.31 Å². The Balaban J connectivity index is 1.88. The Kier molecular flexibility index (Phi) is 5.05. The van der Waals surface area contributed by atoms with E-state index in [9.17, 15) is 12.8 Å². The molecule has 0 bridgehead atoms. The molecule has 1 aromatic heterocycles. The van der Waals surface area contributed by atoms with Gasteiger partial charge in [0.25, 0.3) is 10.0 Å². The fourth-order valence-electron chi connectivity index (χ4n) is 2.96.